The first-order valence-electron chi connectivity index (χ1n) is 9.16. The number of fused-ring (bicyclic) bond motifs is 1. The standard InChI is InChI=1S/C19H25N3O3/c20-18(24)16-3-1-2-13-8-22(19(25)17(13)16)15-9-21(10-15)14-6-4-12(11-23)5-7-14/h1-3,12,14-15,23H,4-11H2,(H2,20,24)/t12-,14-. The Morgan fingerprint density at radius 3 is 2.52 bits per heavy atom. The van der Waals surface area contributed by atoms with Crippen molar-refractivity contribution in [1.29, 1.82) is 0 Å². The lowest BCUT2D eigenvalue weighted by molar-refractivity contribution is -0.00706. The van der Waals surface area contributed by atoms with Gasteiger partial charge in [-0.05, 0) is 43.2 Å². The maximum Gasteiger partial charge on any atom is 0.255 e. The molecule has 0 spiro atoms. The third-order valence-corrected chi connectivity index (χ3v) is 6.15. The molecule has 0 bridgehead atoms. The molecule has 2 amide bonds. The minimum atomic E-state index is -0.539. The van der Waals surface area contributed by atoms with E-state index in [2.05, 4.69) is 4.90 Å². The average molecular weight is 343 g/mol. The lowest BCUT2D eigenvalue weighted by atomic mass is 9.84. The van der Waals surface area contributed by atoms with Gasteiger partial charge in [-0.25, -0.2) is 0 Å². The van der Waals surface area contributed by atoms with Crippen LogP contribution in [0.5, 0.6) is 0 Å². The molecule has 2 fully saturated rings. The Morgan fingerprint density at radius 2 is 1.88 bits per heavy atom. The van der Waals surface area contributed by atoms with E-state index in [4.69, 9.17) is 5.73 Å². The largest absolute Gasteiger partial charge is 0.396 e. The summed E-state index contributed by atoms with van der Waals surface area (Å²) in [6.45, 7) is 2.68. The van der Waals surface area contributed by atoms with Gasteiger partial charge < -0.3 is 15.7 Å². The van der Waals surface area contributed by atoms with E-state index >= 15 is 0 Å². The predicted octanol–water partition coefficient (Wildman–Crippen LogP) is 0.977. The fourth-order valence-electron chi connectivity index (χ4n) is 4.56. The zero-order valence-electron chi connectivity index (χ0n) is 14.4. The first kappa shape index (κ1) is 16.5. The smallest absolute Gasteiger partial charge is 0.255 e. The number of likely N-dealkylation sites (tertiary alicyclic amines) is 1. The van der Waals surface area contributed by atoms with Crippen LogP contribution < -0.4 is 5.73 Å². The number of benzene rings is 1. The highest BCUT2D eigenvalue weighted by atomic mass is 16.3. The number of primary amides is 1. The van der Waals surface area contributed by atoms with Gasteiger partial charge in [-0.2, -0.15) is 0 Å². The summed E-state index contributed by atoms with van der Waals surface area (Å²) in [6.07, 6.45) is 4.46. The number of aliphatic hydroxyl groups is 1. The Labute approximate surface area is 147 Å². The Balaban J connectivity index is 1.39. The second kappa shape index (κ2) is 6.42. The summed E-state index contributed by atoms with van der Waals surface area (Å²) in [5, 5.41) is 9.26. The van der Waals surface area contributed by atoms with Crippen LogP contribution in [0.4, 0.5) is 0 Å². The molecule has 4 rings (SSSR count). The minimum absolute atomic E-state index is 0.0574. The van der Waals surface area contributed by atoms with Crippen LogP contribution in [0.2, 0.25) is 0 Å². The van der Waals surface area contributed by atoms with Crippen molar-refractivity contribution in [2.75, 3.05) is 19.7 Å². The molecule has 25 heavy (non-hydrogen) atoms. The number of hydrogen-bond donors (Lipinski definition) is 2. The molecule has 1 aliphatic carbocycles. The molecule has 0 atom stereocenters. The molecule has 1 aromatic rings. The summed E-state index contributed by atoms with van der Waals surface area (Å²) < 4.78 is 0. The summed E-state index contributed by atoms with van der Waals surface area (Å²) in [4.78, 5) is 28.8. The van der Waals surface area contributed by atoms with Crippen LogP contribution in [0, 0.1) is 5.92 Å². The highest BCUT2D eigenvalue weighted by Gasteiger charge is 2.42. The van der Waals surface area contributed by atoms with Gasteiger partial charge in [0.1, 0.15) is 0 Å². The van der Waals surface area contributed by atoms with E-state index in [0.717, 1.165) is 44.3 Å². The molecule has 0 aromatic heterocycles. The van der Waals surface area contributed by atoms with Gasteiger partial charge in [0.25, 0.3) is 5.91 Å². The van der Waals surface area contributed by atoms with Crippen molar-refractivity contribution >= 4 is 11.8 Å². The third kappa shape index (κ3) is 2.83. The molecule has 1 aromatic carbocycles. The summed E-state index contributed by atoms with van der Waals surface area (Å²) in [7, 11) is 0. The zero-order valence-corrected chi connectivity index (χ0v) is 14.4. The van der Waals surface area contributed by atoms with Crippen molar-refractivity contribution in [2.45, 2.75) is 44.3 Å². The number of nitrogens with zero attached hydrogens (tertiary/aromatic N) is 2. The molecule has 2 heterocycles. The van der Waals surface area contributed by atoms with E-state index in [9.17, 15) is 14.7 Å². The van der Waals surface area contributed by atoms with Crippen molar-refractivity contribution in [3.63, 3.8) is 0 Å². The molecule has 0 radical (unpaired) electrons. The fraction of sp³-hybridized carbons (Fsp3) is 0.579. The highest BCUT2D eigenvalue weighted by Crippen LogP contribution is 2.34. The number of rotatable bonds is 4. The second-order valence-electron chi connectivity index (χ2n) is 7.60. The maximum atomic E-state index is 12.8. The second-order valence-corrected chi connectivity index (χ2v) is 7.60. The topological polar surface area (TPSA) is 86.9 Å². The Bertz CT molecular complexity index is 691. The number of carbonyl (C=O) groups excluding carboxylic acids is 2. The van der Waals surface area contributed by atoms with Crippen LogP contribution in [0.1, 0.15) is 52.0 Å². The molecule has 3 aliphatic rings. The number of amides is 2. The predicted molar refractivity (Wildman–Crippen MR) is 93.0 cm³/mol. The van der Waals surface area contributed by atoms with E-state index in [-0.39, 0.29) is 11.9 Å². The van der Waals surface area contributed by atoms with Crippen molar-refractivity contribution in [3.8, 4) is 0 Å². The van der Waals surface area contributed by atoms with Crippen LogP contribution in [0.3, 0.4) is 0 Å². The Hall–Kier alpha value is -1.92. The molecule has 1 saturated carbocycles. The number of aliphatic hydroxyl groups excluding tert-OH is 1. The van der Waals surface area contributed by atoms with Crippen molar-refractivity contribution < 1.29 is 14.7 Å². The normalized spacial score (nSPS) is 27.2. The van der Waals surface area contributed by atoms with Crippen LogP contribution in [0.25, 0.3) is 0 Å². The van der Waals surface area contributed by atoms with Crippen molar-refractivity contribution in [3.05, 3.63) is 34.9 Å². The van der Waals surface area contributed by atoms with Gasteiger partial charge in [-0.1, -0.05) is 12.1 Å². The molecule has 134 valence electrons. The quantitative estimate of drug-likeness (QED) is 0.853. The Kier molecular flexibility index (Phi) is 4.25. The lowest BCUT2D eigenvalue weighted by Gasteiger charge is -2.49. The number of hydrogen-bond acceptors (Lipinski definition) is 4. The molecular weight excluding hydrogens is 318 g/mol. The fourth-order valence-corrected chi connectivity index (χ4v) is 4.56. The SMILES string of the molecule is NC(=O)c1cccc2c1C(=O)N(C1CN([C@H]3CC[C@H](CO)CC3)C1)C2. The lowest BCUT2D eigenvalue weighted by Crippen LogP contribution is -2.62. The third-order valence-electron chi connectivity index (χ3n) is 6.15. The van der Waals surface area contributed by atoms with Crippen LogP contribution in [0.15, 0.2) is 18.2 Å². The molecule has 6 nitrogen and oxygen atoms in total. The van der Waals surface area contributed by atoms with Crippen molar-refractivity contribution in [1.82, 2.24) is 9.80 Å². The van der Waals surface area contributed by atoms with Crippen LogP contribution >= 0.6 is 0 Å². The minimum Gasteiger partial charge on any atom is -0.396 e. The highest BCUT2D eigenvalue weighted by molar-refractivity contribution is 6.09. The van der Waals surface area contributed by atoms with Gasteiger partial charge in [-0.15, -0.1) is 0 Å². The summed E-state index contributed by atoms with van der Waals surface area (Å²) in [6, 6.07) is 6.14. The first-order chi connectivity index (χ1) is 12.1. The molecule has 3 N–H and O–H groups in total. The Morgan fingerprint density at radius 1 is 1.16 bits per heavy atom. The first-order valence-corrected chi connectivity index (χ1v) is 9.16. The summed E-state index contributed by atoms with van der Waals surface area (Å²) >= 11 is 0. The van der Waals surface area contributed by atoms with E-state index in [1.165, 1.54) is 0 Å². The van der Waals surface area contributed by atoms with Crippen molar-refractivity contribution in [2.24, 2.45) is 11.7 Å². The molecular formula is C19H25N3O3. The number of carbonyl (C=O) groups is 2. The molecule has 2 aliphatic heterocycles. The van der Waals surface area contributed by atoms with Gasteiger partial charge in [0.2, 0.25) is 5.91 Å². The van der Waals surface area contributed by atoms with Gasteiger partial charge in [0.05, 0.1) is 17.2 Å². The van der Waals surface area contributed by atoms with E-state index in [1.807, 2.05) is 11.0 Å². The molecule has 6 heteroatoms. The molecule has 0 unspecified atom stereocenters. The van der Waals surface area contributed by atoms with E-state index < -0.39 is 5.91 Å². The van der Waals surface area contributed by atoms with Gasteiger partial charge >= 0.3 is 0 Å². The maximum absolute atomic E-state index is 12.8. The molecule has 1 saturated heterocycles. The summed E-state index contributed by atoms with van der Waals surface area (Å²) in [5.74, 6) is -0.129. The van der Waals surface area contributed by atoms with Gasteiger partial charge in [-0.3, -0.25) is 14.5 Å². The number of nitrogens with two attached hydrogens (primary N) is 1. The zero-order chi connectivity index (χ0) is 17.6. The van der Waals surface area contributed by atoms with E-state index in [1.54, 1.807) is 12.1 Å². The summed E-state index contributed by atoms with van der Waals surface area (Å²) in [5.41, 5.74) is 7.16. The van der Waals surface area contributed by atoms with Crippen LogP contribution in [-0.2, 0) is 6.54 Å². The average Bonchev–Trinajstić information content (AvgIpc) is 2.91. The van der Waals surface area contributed by atoms with Gasteiger partial charge in [0.15, 0.2) is 0 Å². The van der Waals surface area contributed by atoms with E-state index in [0.29, 0.717) is 36.2 Å². The monoisotopic (exact) mass is 343 g/mol. The van der Waals surface area contributed by atoms with Gasteiger partial charge in [0, 0.05) is 32.3 Å². The van der Waals surface area contributed by atoms with Crippen LogP contribution in [-0.4, -0.2) is 58.5 Å².